The van der Waals surface area contributed by atoms with E-state index in [9.17, 15) is 4.79 Å². The average molecular weight is 244 g/mol. The largest absolute Gasteiger partial charge is 0.373 e. The lowest BCUT2D eigenvalue weighted by atomic mass is 10.2. The lowest BCUT2D eigenvalue weighted by Gasteiger charge is -2.23. The van der Waals surface area contributed by atoms with Crippen LogP contribution >= 0.6 is 0 Å². The Morgan fingerprint density at radius 2 is 2.47 bits per heavy atom. The minimum atomic E-state index is -0.0466. The molecule has 0 aliphatic carbocycles. The van der Waals surface area contributed by atoms with E-state index in [2.05, 4.69) is 17.6 Å². The quantitative estimate of drug-likeness (QED) is 0.676. The van der Waals surface area contributed by atoms with E-state index >= 15 is 0 Å². The predicted molar refractivity (Wildman–Crippen MR) is 65.9 cm³/mol. The van der Waals surface area contributed by atoms with Gasteiger partial charge in [-0.3, -0.25) is 4.79 Å². The van der Waals surface area contributed by atoms with Crippen LogP contribution in [0.15, 0.2) is 0 Å². The lowest BCUT2D eigenvalue weighted by molar-refractivity contribution is -0.128. The number of ether oxygens (including phenoxy) is 2. The zero-order valence-electron chi connectivity index (χ0n) is 10.8. The summed E-state index contributed by atoms with van der Waals surface area (Å²) in [5.74, 6) is -0.0466. The molecule has 5 nitrogen and oxygen atoms in total. The Hall–Kier alpha value is -0.650. The van der Waals surface area contributed by atoms with E-state index in [0.29, 0.717) is 13.2 Å². The minimum Gasteiger partial charge on any atom is -0.373 e. The van der Waals surface area contributed by atoms with Crippen LogP contribution in [-0.2, 0) is 14.3 Å². The third-order valence-electron chi connectivity index (χ3n) is 2.67. The van der Waals surface area contributed by atoms with Gasteiger partial charge in [0.15, 0.2) is 0 Å². The number of carbonyl (C=O) groups is 1. The van der Waals surface area contributed by atoms with Gasteiger partial charge in [0, 0.05) is 19.1 Å². The molecule has 0 aromatic carbocycles. The van der Waals surface area contributed by atoms with E-state index < -0.39 is 0 Å². The second kappa shape index (κ2) is 8.44. The first-order valence-electron chi connectivity index (χ1n) is 6.41. The highest BCUT2D eigenvalue weighted by Gasteiger charge is 2.14. The highest BCUT2D eigenvalue weighted by Crippen LogP contribution is 1.97. The standard InChI is InChI=1S/C12H24N2O3/c1-3-4-10(2)14-12(15)9-16-8-11-7-13-5-6-17-11/h10-11,13H,3-9H2,1-2H3,(H,14,15). The first-order valence-corrected chi connectivity index (χ1v) is 6.41. The molecule has 17 heavy (non-hydrogen) atoms. The van der Waals surface area contributed by atoms with Crippen LogP contribution < -0.4 is 10.6 Å². The molecule has 2 unspecified atom stereocenters. The third-order valence-corrected chi connectivity index (χ3v) is 2.67. The Kier molecular flexibility index (Phi) is 7.16. The van der Waals surface area contributed by atoms with Crippen molar-refractivity contribution in [2.75, 3.05) is 32.9 Å². The molecule has 5 heteroatoms. The van der Waals surface area contributed by atoms with Crippen molar-refractivity contribution in [1.29, 1.82) is 0 Å². The zero-order valence-corrected chi connectivity index (χ0v) is 10.8. The molecule has 1 aliphatic rings. The molecule has 0 bridgehead atoms. The second-order valence-corrected chi connectivity index (χ2v) is 4.47. The average Bonchev–Trinajstić information content (AvgIpc) is 2.30. The molecule has 1 rings (SSSR count). The van der Waals surface area contributed by atoms with E-state index in [-0.39, 0.29) is 24.7 Å². The Labute approximate surface area is 103 Å². The van der Waals surface area contributed by atoms with Gasteiger partial charge >= 0.3 is 0 Å². The summed E-state index contributed by atoms with van der Waals surface area (Å²) < 4.78 is 10.8. The molecule has 1 fully saturated rings. The summed E-state index contributed by atoms with van der Waals surface area (Å²) in [7, 11) is 0. The van der Waals surface area contributed by atoms with Crippen molar-refractivity contribution in [2.24, 2.45) is 0 Å². The van der Waals surface area contributed by atoms with Gasteiger partial charge in [0.2, 0.25) is 5.91 Å². The molecule has 1 saturated heterocycles. The zero-order chi connectivity index (χ0) is 12.5. The normalized spacial score (nSPS) is 22.1. The van der Waals surface area contributed by atoms with Gasteiger partial charge < -0.3 is 20.1 Å². The van der Waals surface area contributed by atoms with E-state index in [1.165, 1.54) is 0 Å². The number of amides is 1. The van der Waals surface area contributed by atoms with Crippen molar-refractivity contribution in [3.05, 3.63) is 0 Å². The third kappa shape index (κ3) is 6.61. The molecule has 100 valence electrons. The van der Waals surface area contributed by atoms with Gasteiger partial charge in [-0.2, -0.15) is 0 Å². The maximum atomic E-state index is 11.5. The van der Waals surface area contributed by atoms with Crippen molar-refractivity contribution < 1.29 is 14.3 Å². The first kappa shape index (κ1) is 14.4. The Balaban J connectivity index is 2.03. The minimum absolute atomic E-state index is 0.0466. The van der Waals surface area contributed by atoms with Crippen LogP contribution in [0, 0.1) is 0 Å². The van der Waals surface area contributed by atoms with Crippen LogP contribution in [0.5, 0.6) is 0 Å². The topological polar surface area (TPSA) is 59.6 Å². The number of carbonyl (C=O) groups excluding carboxylic acids is 1. The lowest BCUT2D eigenvalue weighted by Crippen LogP contribution is -2.42. The van der Waals surface area contributed by atoms with Gasteiger partial charge in [0.1, 0.15) is 6.61 Å². The number of hydrogen-bond acceptors (Lipinski definition) is 4. The molecule has 0 spiro atoms. The van der Waals surface area contributed by atoms with Gasteiger partial charge in [-0.25, -0.2) is 0 Å². The van der Waals surface area contributed by atoms with Crippen LogP contribution in [0.4, 0.5) is 0 Å². The molecular formula is C12H24N2O3. The highest BCUT2D eigenvalue weighted by molar-refractivity contribution is 5.77. The summed E-state index contributed by atoms with van der Waals surface area (Å²) in [5.41, 5.74) is 0. The highest BCUT2D eigenvalue weighted by atomic mass is 16.5. The van der Waals surface area contributed by atoms with Gasteiger partial charge in [-0.05, 0) is 13.3 Å². The fraction of sp³-hybridized carbons (Fsp3) is 0.917. The SMILES string of the molecule is CCCC(C)NC(=O)COCC1CNCCO1. The number of nitrogens with one attached hydrogen (secondary N) is 2. The first-order chi connectivity index (χ1) is 8.22. The summed E-state index contributed by atoms with van der Waals surface area (Å²) >= 11 is 0. The maximum absolute atomic E-state index is 11.5. The summed E-state index contributed by atoms with van der Waals surface area (Å²) in [6, 6.07) is 0.226. The van der Waals surface area contributed by atoms with Gasteiger partial charge in [-0.15, -0.1) is 0 Å². The molecule has 2 N–H and O–H groups in total. The molecule has 0 aromatic rings. The molecular weight excluding hydrogens is 220 g/mol. The fourth-order valence-electron chi connectivity index (χ4n) is 1.83. The van der Waals surface area contributed by atoms with E-state index in [0.717, 1.165) is 25.9 Å². The molecule has 0 saturated carbocycles. The summed E-state index contributed by atoms with van der Waals surface area (Å²) in [4.78, 5) is 11.5. The molecule has 1 amide bonds. The molecule has 1 aliphatic heterocycles. The van der Waals surface area contributed by atoms with E-state index in [1.807, 2.05) is 6.92 Å². The van der Waals surface area contributed by atoms with E-state index in [1.54, 1.807) is 0 Å². The number of rotatable bonds is 7. The monoisotopic (exact) mass is 244 g/mol. The van der Waals surface area contributed by atoms with Crippen LogP contribution in [0.2, 0.25) is 0 Å². The van der Waals surface area contributed by atoms with Crippen molar-refractivity contribution in [2.45, 2.75) is 38.8 Å². The summed E-state index contributed by atoms with van der Waals surface area (Å²) in [6.07, 6.45) is 2.15. The number of hydrogen-bond donors (Lipinski definition) is 2. The summed E-state index contributed by atoms with van der Waals surface area (Å²) in [6.45, 7) is 7.12. The fourth-order valence-corrected chi connectivity index (χ4v) is 1.83. The second-order valence-electron chi connectivity index (χ2n) is 4.47. The predicted octanol–water partition coefficient (Wildman–Crippen LogP) is 0.296. The maximum Gasteiger partial charge on any atom is 0.246 e. The van der Waals surface area contributed by atoms with Crippen molar-refractivity contribution >= 4 is 5.91 Å². The van der Waals surface area contributed by atoms with Crippen LogP contribution in [-0.4, -0.2) is 51.0 Å². The Bertz CT molecular complexity index is 218. The molecule has 2 atom stereocenters. The molecule has 0 radical (unpaired) electrons. The Morgan fingerprint density at radius 1 is 1.65 bits per heavy atom. The molecule has 1 heterocycles. The van der Waals surface area contributed by atoms with Gasteiger partial charge in [0.25, 0.3) is 0 Å². The van der Waals surface area contributed by atoms with Crippen molar-refractivity contribution in [3.8, 4) is 0 Å². The van der Waals surface area contributed by atoms with Gasteiger partial charge in [-0.1, -0.05) is 13.3 Å². The number of morpholine rings is 1. The van der Waals surface area contributed by atoms with Crippen LogP contribution in [0.25, 0.3) is 0 Å². The van der Waals surface area contributed by atoms with Crippen LogP contribution in [0.1, 0.15) is 26.7 Å². The smallest absolute Gasteiger partial charge is 0.246 e. The molecule has 0 aromatic heterocycles. The van der Waals surface area contributed by atoms with Crippen molar-refractivity contribution in [1.82, 2.24) is 10.6 Å². The Morgan fingerprint density at radius 3 is 3.12 bits per heavy atom. The summed E-state index contributed by atoms with van der Waals surface area (Å²) in [5, 5.41) is 6.11. The van der Waals surface area contributed by atoms with Crippen LogP contribution in [0.3, 0.4) is 0 Å². The van der Waals surface area contributed by atoms with E-state index in [4.69, 9.17) is 9.47 Å². The van der Waals surface area contributed by atoms with Gasteiger partial charge in [0.05, 0.1) is 19.3 Å². The van der Waals surface area contributed by atoms with Crippen molar-refractivity contribution in [3.63, 3.8) is 0 Å².